The smallest absolute Gasteiger partial charge is 0.407 e. The summed E-state index contributed by atoms with van der Waals surface area (Å²) in [5, 5.41) is 36.5. The van der Waals surface area contributed by atoms with Gasteiger partial charge in [0.25, 0.3) is 17.7 Å². The molecule has 3 amide bonds. The lowest BCUT2D eigenvalue weighted by molar-refractivity contribution is -0.265. The Morgan fingerprint density at radius 3 is 2.09 bits per heavy atom. The third kappa shape index (κ3) is 29.9. The van der Waals surface area contributed by atoms with E-state index < -0.39 is 108 Å². The molecule has 2 saturated heterocycles. The van der Waals surface area contributed by atoms with Gasteiger partial charge in [0.05, 0.1) is 142 Å². The summed E-state index contributed by atoms with van der Waals surface area (Å²) in [5.41, 5.74) is 30.1. The molecular formula is C93H135N13O23. The third-order valence-corrected chi connectivity index (χ3v) is 24.9. The van der Waals surface area contributed by atoms with Crippen LogP contribution in [0.4, 0.5) is 16.6 Å². The second kappa shape index (κ2) is 52.1. The Bertz CT molecular complexity index is 4610. The van der Waals surface area contributed by atoms with Crippen LogP contribution in [0.1, 0.15) is 149 Å². The third-order valence-electron chi connectivity index (χ3n) is 24.9. The van der Waals surface area contributed by atoms with Crippen LogP contribution in [0.3, 0.4) is 0 Å². The van der Waals surface area contributed by atoms with Gasteiger partial charge in [-0.3, -0.25) is 19.2 Å². The number of hydrogen-bond donors (Lipinski definition) is 5. The van der Waals surface area contributed by atoms with Gasteiger partial charge in [0.1, 0.15) is 53.8 Å². The van der Waals surface area contributed by atoms with E-state index in [9.17, 15) is 44.5 Å². The molecule has 0 radical (unpaired) electrons. The molecule has 4 aliphatic heterocycles. The number of anilines is 2. The maximum Gasteiger partial charge on any atom is 0.407 e. The summed E-state index contributed by atoms with van der Waals surface area (Å²) in [6.07, 6.45) is 12.3. The molecule has 710 valence electrons. The number of benzene rings is 2. The van der Waals surface area contributed by atoms with Crippen LogP contribution >= 0.6 is 0 Å². The summed E-state index contributed by atoms with van der Waals surface area (Å²) in [4.78, 5) is 104. The molecule has 3 aromatic heterocycles. The fraction of sp³-hybridized carbons (Fsp3) is 0.656. The number of nitrogens with zero attached hydrogens (tertiary/aromatic N) is 10. The van der Waals surface area contributed by atoms with Crippen molar-refractivity contribution in [2.45, 2.75) is 212 Å². The standard InChI is InChI=1S/C93H135N13O23/c1-59-16-12-11-13-17-60(2)77(115-8)54-71-24-19-65(7)93(114,129-71)86(110)89(111)105-30-15-14-18-74(105)90(112)126-78(55-72(101-103-96)61(3)49-64(6)84(109)85(117-10)83(108)63(5)48-59)62(4)50-66-21-25-76(79(52-66)116-9)128-92(113)97-29-33-119-35-37-121-39-41-123-43-45-125-47-46-124-44-42-122-40-38-120-36-34-118-32-28-80(107)104-31-27-68-51-67(20-22-70(68)57-104)56-106-88-81(87(94)98-58-99-88)82(102-106)69-23-26-75-73(53-69)100-91(95)127-75/h11-13,16-17,20,22-23,26,49,51,53,58-59,61-63,65-66,71-72,74,76-79,84-85,109,114H,14-15,18-19,21,24-25,27-48,50,52,54-57H2,1-10H3,(H2,95,100)(H,97,113)(H2,94,98,99)/b13-11+,16-12+,60-17+,64-49+/t59-,61-,62-,63-,65-,66+,71+,72+,74+,76-,77+,78+,79-,84-,85+,93-/m1/s1. The minimum atomic E-state index is -2.49. The van der Waals surface area contributed by atoms with E-state index in [4.69, 9.17) is 87.3 Å². The number of rotatable bonds is 38. The summed E-state index contributed by atoms with van der Waals surface area (Å²) in [7, 11) is 4.51. The SMILES string of the molecule is CO[C@H]1C[C@@H]2CC[C@@H](C)[C@@](O)(O2)C(=O)C(=O)N2CCCC[C@H]2C(=O)O[C@H]([C@H](C)C[C@@H]2CC[C@@H](OC(=O)NCCOCCOCCOCCOCCOCCOCCOCCOCCC(=O)N3CCc4cc(Cn5nc(-c6ccc7oc(N)nc7c6)c6c(N)ncnc65)ccc4C3)[C@H](OC)C2)C[C@H](N=[N+]=[N-])[C@H](C)/C=C(\C)[C@@H](O)[C@@H](OC)C(=O)[C@H](C)C[C@H](C)/C=C/C=C/C=C/1C. The molecule has 0 unspecified atom stereocenters. The number of ether oxygens (including phenoxy) is 14. The van der Waals surface area contributed by atoms with Crippen LogP contribution in [0.5, 0.6) is 0 Å². The largest absolute Gasteiger partial charge is 0.461 e. The number of oxazole rings is 1. The van der Waals surface area contributed by atoms with Crippen molar-refractivity contribution in [1.82, 2.24) is 39.8 Å². The second-order valence-electron chi connectivity index (χ2n) is 34.3. The summed E-state index contributed by atoms with van der Waals surface area (Å²) in [6.45, 7) is 20.4. The Hall–Kier alpha value is -9.21. The Labute approximate surface area is 755 Å². The average Bonchev–Trinajstić information content (AvgIpc) is 1.59. The van der Waals surface area contributed by atoms with E-state index in [0.29, 0.717) is 216 Å². The quantitative estimate of drug-likeness (QED) is 0.00466. The predicted molar refractivity (Wildman–Crippen MR) is 478 cm³/mol. The fourth-order valence-electron chi connectivity index (χ4n) is 17.5. The first kappa shape index (κ1) is 102. The number of nitrogens with two attached hydrogens (primary N) is 2. The molecule has 36 heteroatoms. The molecule has 0 spiro atoms. The summed E-state index contributed by atoms with van der Waals surface area (Å²) in [6, 6.07) is 9.85. The van der Waals surface area contributed by atoms with E-state index >= 15 is 0 Å². The van der Waals surface area contributed by atoms with Gasteiger partial charge in [-0.15, -0.1) is 0 Å². The first-order valence-corrected chi connectivity index (χ1v) is 45.4. The molecule has 16 atom stereocenters. The zero-order valence-electron chi connectivity index (χ0n) is 76.5. The average molecular weight is 1800 g/mol. The lowest BCUT2D eigenvalue weighted by Gasteiger charge is -2.43. The number of nitrogen functional groups attached to an aromatic ring is 2. The molecule has 1 saturated carbocycles. The Balaban J connectivity index is 0.562. The number of aliphatic hydroxyl groups is 2. The second-order valence-corrected chi connectivity index (χ2v) is 34.3. The normalized spacial score (nSPS) is 27.2. The number of allylic oxidation sites excluding steroid dienone is 5. The van der Waals surface area contributed by atoms with Crippen LogP contribution in [0, 0.1) is 35.5 Å². The highest BCUT2D eigenvalue weighted by Crippen LogP contribution is 2.40. The molecule has 7 heterocycles. The monoisotopic (exact) mass is 1800 g/mol. The predicted octanol–water partition coefficient (Wildman–Crippen LogP) is 10.3. The van der Waals surface area contributed by atoms with E-state index in [1.165, 1.54) is 23.9 Å². The summed E-state index contributed by atoms with van der Waals surface area (Å²) in [5.74, 6) is -7.67. The number of esters is 1. The first-order chi connectivity index (χ1) is 62.3. The molecule has 5 aliphatic rings. The number of hydrogen-bond acceptors (Lipinski definition) is 30. The number of cyclic esters (lactones) is 1. The number of aromatic nitrogens is 5. The van der Waals surface area contributed by atoms with Crippen molar-refractivity contribution >= 4 is 69.4 Å². The molecule has 36 nitrogen and oxygen atoms in total. The van der Waals surface area contributed by atoms with Crippen molar-refractivity contribution in [1.29, 1.82) is 0 Å². The summed E-state index contributed by atoms with van der Waals surface area (Å²) < 4.78 is 88.6. The Morgan fingerprint density at radius 1 is 0.736 bits per heavy atom. The first-order valence-electron chi connectivity index (χ1n) is 45.4. The Kier molecular flexibility index (Phi) is 41.2. The maximum absolute atomic E-state index is 14.9. The number of methoxy groups -OCH3 is 3. The lowest BCUT2D eigenvalue weighted by atomic mass is 9.78. The topological polar surface area (TPSA) is 461 Å². The highest BCUT2D eigenvalue weighted by molar-refractivity contribution is 6.39. The summed E-state index contributed by atoms with van der Waals surface area (Å²) >= 11 is 0. The van der Waals surface area contributed by atoms with Gasteiger partial charge in [0.2, 0.25) is 11.7 Å². The van der Waals surface area contributed by atoms with E-state index in [-0.39, 0.29) is 74.9 Å². The molecule has 7 N–H and O–H groups in total. The van der Waals surface area contributed by atoms with Crippen molar-refractivity contribution in [2.24, 2.45) is 40.6 Å². The van der Waals surface area contributed by atoms with Crippen LogP contribution in [0.25, 0.3) is 43.8 Å². The minimum absolute atomic E-state index is 0.00678. The molecule has 2 aromatic carbocycles. The van der Waals surface area contributed by atoms with Gasteiger partial charge < -0.3 is 108 Å². The zero-order chi connectivity index (χ0) is 92.4. The highest BCUT2D eigenvalue weighted by atomic mass is 16.6. The van der Waals surface area contributed by atoms with Crippen LogP contribution in [0.15, 0.2) is 99.9 Å². The van der Waals surface area contributed by atoms with Crippen LogP contribution in [0.2, 0.25) is 0 Å². The van der Waals surface area contributed by atoms with Crippen LogP contribution < -0.4 is 16.8 Å². The molecule has 10 rings (SSSR count). The van der Waals surface area contributed by atoms with Gasteiger partial charge in [0.15, 0.2) is 17.0 Å². The zero-order valence-corrected chi connectivity index (χ0v) is 76.5. The van der Waals surface area contributed by atoms with Crippen molar-refractivity contribution < 1.29 is 110 Å². The van der Waals surface area contributed by atoms with Gasteiger partial charge in [-0.1, -0.05) is 94.4 Å². The Morgan fingerprint density at radius 2 is 1.42 bits per heavy atom. The van der Waals surface area contributed by atoms with E-state index in [2.05, 4.69) is 48.5 Å². The number of amides is 3. The number of alkyl carbamates (subject to hydrolysis) is 1. The van der Waals surface area contributed by atoms with Gasteiger partial charge in [-0.2, -0.15) is 10.1 Å². The van der Waals surface area contributed by atoms with Gasteiger partial charge in [0, 0.05) is 82.3 Å². The number of nitrogens with one attached hydrogen (secondary N) is 1. The highest BCUT2D eigenvalue weighted by Gasteiger charge is 2.53. The maximum atomic E-state index is 14.9. The molecule has 5 aromatic rings. The molecule has 129 heavy (non-hydrogen) atoms. The van der Waals surface area contributed by atoms with E-state index in [1.807, 2.05) is 86.7 Å². The number of carbonyl (C=O) groups is 6. The van der Waals surface area contributed by atoms with Crippen LogP contribution in [-0.4, -0.2) is 287 Å². The number of aliphatic hydroxyl groups excluding tert-OH is 1. The lowest BCUT2D eigenvalue weighted by Crippen LogP contribution is -2.61. The van der Waals surface area contributed by atoms with Crippen molar-refractivity contribution in [3.63, 3.8) is 0 Å². The molecule has 3 fully saturated rings. The number of carbonyl (C=O) groups excluding carboxylic acids is 6. The van der Waals surface area contributed by atoms with Crippen LogP contribution in [-0.2, 0) is 110 Å². The molecule has 2 bridgehead atoms. The van der Waals surface area contributed by atoms with Crippen molar-refractivity contribution in [3.8, 4) is 11.3 Å². The van der Waals surface area contributed by atoms with Gasteiger partial charge >= 0.3 is 12.1 Å². The van der Waals surface area contributed by atoms with Crippen molar-refractivity contribution in [2.75, 3.05) is 158 Å². The fourth-order valence-corrected chi connectivity index (χ4v) is 17.5. The van der Waals surface area contributed by atoms with Gasteiger partial charge in [-0.05, 0) is 166 Å². The number of ketones is 2. The minimum Gasteiger partial charge on any atom is -0.461 e. The number of Topliss-reactive ketones (excluding diaryl/α,β-unsaturated/α-hetero) is 2. The molecule has 1 aliphatic carbocycles. The van der Waals surface area contributed by atoms with E-state index in [1.54, 1.807) is 40.2 Å². The number of fused-ring (bicyclic) bond motifs is 6. The van der Waals surface area contributed by atoms with E-state index in [0.717, 1.165) is 28.7 Å². The van der Waals surface area contributed by atoms with Crippen molar-refractivity contribution in [3.05, 3.63) is 117 Å². The van der Waals surface area contributed by atoms with Gasteiger partial charge in [-0.25, -0.2) is 24.2 Å². The molecular weight excluding hydrogens is 1670 g/mol. The number of piperidine rings is 1. The number of azide groups is 1.